The first kappa shape index (κ1) is 15.8. The van der Waals surface area contributed by atoms with Gasteiger partial charge in [0.15, 0.2) is 0 Å². The molecule has 0 aliphatic heterocycles. The van der Waals surface area contributed by atoms with Crippen LogP contribution in [-0.2, 0) is 6.54 Å². The first-order chi connectivity index (χ1) is 10.1. The molecule has 0 bridgehead atoms. The summed E-state index contributed by atoms with van der Waals surface area (Å²) in [5.74, 6) is 1.65. The molecule has 1 aromatic heterocycles. The molecule has 1 N–H and O–H groups in total. The number of hydrogen-bond acceptors (Lipinski definition) is 4. The summed E-state index contributed by atoms with van der Waals surface area (Å²) >= 11 is 3.59. The normalized spacial score (nSPS) is 10.5. The topological polar surface area (TPSA) is 41.1 Å². The van der Waals surface area contributed by atoms with Crippen molar-refractivity contribution in [2.75, 3.05) is 23.8 Å². The van der Waals surface area contributed by atoms with Crippen molar-refractivity contribution in [3.05, 3.63) is 46.1 Å². The lowest BCUT2D eigenvalue weighted by Crippen LogP contribution is -2.20. The first-order valence-corrected chi connectivity index (χ1v) is 7.93. The van der Waals surface area contributed by atoms with Gasteiger partial charge < -0.3 is 10.2 Å². The molecule has 0 fully saturated rings. The highest BCUT2D eigenvalue weighted by Gasteiger charge is 2.10. The Labute approximate surface area is 134 Å². The predicted octanol–water partition coefficient (Wildman–Crippen LogP) is 4.01. The SMILES string of the molecule is CCCNc1ncc(C)c(N(C)Cc2ccccc2Br)n1. The predicted molar refractivity (Wildman–Crippen MR) is 91.8 cm³/mol. The molecule has 1 aromatic carbocycles. The van der Waals surface area contributed by atoms with E-state index in [1.54, 1.807) is 0 Å². The number of nitrogens with zero attached hydrogens (tertiary/aromatic N) is 3. The van der Waals surface area contributed by atoms with Crippen LogP contribution in [0.25, 0.3) is 0 Å². The molecule has 0 saturated heterocycles. The van der Waals surface area contributed by atoms with Crippen molar-refractivity contribution in [1.29, 1.82) is 0 Å². The van der Waals surface area contributed by atoms with Crippen LogP contribution in [0.4, 0.5) is 11.8 Å². The van der Waals surface area contributed by atoms with Crippen LogP contribution in [0, 0.1) is 6.92 Å². The van der Waals surface area contributed by atoms with E-state index in [0.717, 1.165) is 35.4 Å². The molecule has 0 aliphatic carbocycles. The Kier molecular flexibility index (Phi) is 5.56. The van der Waals surface area contributed by atoms with Gasteiger partial charge in [0.2, 0.25) is 5.95 Å². The minimum atomic E-state index is 0.691. The van der Waals surface area contributed by atoms with E-state index in [1.807, 2.05) is 19.2 Å². The van der Waals surface area contributed by atoms with E-state index < -0.39 is 0 Å². The monoisotopic (exact) mass is 348 g/mol. The molecule has 0 unspecified atom stereocenters. The van der Waals surface area contributed by atoms with Gasteiger partial charge in [-0.25, -0.2) is 4.98 Å². The van der Waals surface area contributed by atoms with E-state index in [0.29, 0.717) is 5.95 Å². The van der Waals surface area contributed by atoms with Crippen LogP contribution < -0.4 is 10.2 Å². The fraction of sp³-hybridized carbons (Fsp3) is 0.375. The quantitative estimate of drug-likeness (QED) is 0.856. The molecular formula is C16H21BrN4. The van der Waals surface area contributed by atoms with Crippen LogP contribution in [0.3, 0.4) is 0 Å². The van der Waals surface area contributed by atoms with Gasteiger partial charge in [-0.15, -0.1) is 0 Å². The van der Waals surface area contributed by atoms with E-state index in [-0.39, 0.29) is 0 Å². The highest BCUT2D eigenvalue weighted by molar-refractivity contribution is 9.10. The average molecular weight is 349 g/mol. The summed E-state index contributed by atoms with van der Waals surface area (Å²) in [5.41, 5.74) is 2.31. The van der Waals surface area contributed by atoms with Gasteiger partial charge in [-0.05, 0) is 25.0 Å². The molecule has 0 radical (unpaired) electrons. The van der Waals surface area contributed by atoms with E-state index >= 15 is 0 Å². The third kappa shape index (κ3) is 4.17. The standard InChI is InChI=1S/C16H21BrN4/c1-4-9-18-16-19-10-12(2)15(20-16)21(3)11-13-7-5-6-8-14(13)17/h5-8,10H,4,9,11H2,1-3H3,(H,18,19,20). The summed E-state index contributed by atoms with van der Waals surface area (Å²) in [5, 5.41) is 3.23. The lowest BCUT2D eigenvalue weighted by molar-refractivity contribution is 0.873. The highest BCUT2D eigenvalue weighted by atomic mass is 79.9. The van der Waals surface area contributed by atoms with Gasteiger partial charge in [-0.3, -0.25) is 0 Å². The van der Waals surface area contributed by atoms with Crippen molar-refractivity contribution in [2.24, 2.45) is 0 Å². The molecule has 0 amide bonds. The number of anilines is 2. The van der Waals surface area contributed by atoms with Crippen LogP contribution in [-0.4, -0.2) is 23.6 Å². The van der Waals surface area contributed by atoms with Crippen LogP contribution in [0.2, 0.25) is 0 Å². The molecule has 0 aliphatic rings. The lowest BCUT2D eigenvalue weighted by atomic mass is 10.2. The fourth-order valence-corrected chi connectivity index (χ4v) is 2.51. The number of nitrogens with one attached hydrogen (secondary N) is 1. The summed E-state index contributed by atoms with van der Waals surface area (Å²) < 4.78 is 1.12. The lowest BCUT2D eigenvalue weighted by Gasteiger charge is -2.21. The molecular weight excluding hydrogens is 328 g/mol. The molecule has 0 saturated carbocycles. The number of benzene rings is 1. The minimum absolute atomic E-state index is 0.691. The number of hydrogen-bond donors (Lipinski definition) is 1. The summed E-state index contributed by atoms with van der Waals surface area (Å²) in [7, 11) is 2.05. The zero-order valence-corrected chi connectivity index (χ0v) is 14.3. The number of halogens is 1. The van der Waals surface area contributed by atoms with Gasteiger partial charge in [0.25, 0.3) is 0 Å². The number of rotatable bonds is 6. The van der Waals surface area contributed by atoms with Gasteiger partial charge in [-0.2, -0.15) is 4.98 Å². The third-order valence-corrected chi connectivity index (χ3v) is 3.98. The second-order valence-electron chi connectivity index (χ2n) is 5.07. The van der Waals surface area contributed by atoms with E-state index in [1.165, 1.54) is 5.56 Å². The molecule has 112 valence electrons. The van der Waals surface area contributed by atoms with Gasteiger partial charge in [-0.1, -0.05) is 41.1 Å². The van der Waals surface area contributed by atoms with Crippen LogP contribution in [0.1, 0.15) is 24.5 Å². The molecule has 5 heteroatoms. The van der Waals surface area contributed by atoms with Crippen molar-refractivity contribution in [3.63, 3.8) is 0 Å². The maximum atomic E-state index is 4.62. The highest BCUT2D eigenvalue weighted by Crippen LogP contribution is 2.22. The largest absolute Gasteiger partial charge is 0.355 e. The zero-order chi connectivity index (χ0) is 15.2. The maximum absolute atomic E-state index is 4.62. The molecule has 2 rings (SSSR count). The Morgan fingerprint density at radius 1 is 1.29 bits per heavy atom. The average Bonchev–Trinajstić information content (AvgIpc) is 2.48. The second kappa shape index (κ2) is 7.41. The number of aromatic nitrogens is 2. The van der Waals surface area contributed by atoms with Gasteiger partial charge in [0.1, 0.15) is 5.82 Å². The molecule has 0 atom stereocenters. The first-order valence-electron chi connectivity index (χ1n) is 7.14. The molecule has 2 aromatic rings. The smallest absolute Gasteiger partial charge is 0.224 e. The summed E-state index contributed by atoms with van der Waals surface area (Å²) in [4.78, 5) is 11.1. The van der Waals surface area contributed by atoms with Gasteiger partial charge in [0.05, 0.1) is 0 Å². The Bertz CT molecular complexity index is 601. The van der Waals surface area contributed by atoms with Crippen LogP contribution in [0.5, 0.6) is 0 Å². The summed E-state index contributed by atoms with van der Waals surface area (Å²) in [6.07, 6.45) is 2.93. The van der Waals surface area contributed by atoms with E-state index in [4.69, 9.17) is 0 Å². The Hall–Kier alpha value is -1.62. The van der Waals surface area contributed by atoms with Crippen molar-refractivity contribution in [3.8, 4) is 0 Å². The Balaban J connectivity index is 2.18. The van der Waals surface area contributed by atoms with Crippen LogP contribution in [0.15, 0.2) is 34.9 Å². The Morgan fingerprint density at radius 3 is 2.76 bits per heavy atom. The van der Waals surface area contributed by atoms with Gasteiger partial charge >= 0.3 is 0 Å². The number of aryl methyl sites for hydroxylation is 1. The second-order valence-corrected chi connectivity index (χ2v) is 5.93. The minimum Gasteiger partial charge on any atom is -0.355 e. The van der Waals surface area contributed by atoms with Gasteiger partial charge in [0, 0.05) is 36.4 Å². The fourth-order valence-electron chi connectivity index (χ4n) is 2.10. The Morgan fingerprint density at radius 2 is 2.05 bits per heavy atom. The molecule has 21 heavy (non-hydrogen) atoms. The van der Waals surface area contributed by atoms with Crippen molar-refractivity contribution in [1.82, 2.24) is 9.97 Å². The maximum Gasteiger partial charge on any atom is 0.224 e. The molecule has 4 nitrogen and oxygen atoms in total. The molecule has 1 heterocycles. The van der Waals surface area contributed by atoms with Crippen LogP contribution >= 0.6 is 15.9 Å². The summed E-state index contributed by atoms with van der Waals surface area (Å²) in [6, 6.07) is 8.25. The van der Waals surface area contributed by atoms with E-state index in [2.05, 4.69) is 68.3 Å². The van der Waals surface area contributed by atoms with Crippen molar-refractivity contribution >= 4 is 27.7 Å². The van der Waals surface area contributed by atoms with Crippen molar-refractivity contribution in [2.45, 2.75) is 26.8 Å². The zero-order valence-electron chi connectivity index (χ0n) is 12.7. The van der Waals surface area contributed by atoms with Crippen molar-refractivity contribution < 1.29 is 0 Å². The summed E-state index contributed by atoms with van der Waals surface area (Å²) in [6.45, 7) is 5.85. The van der Waals surface area contributed by atoms with E-state index in [9.17, 15) is 0 Å². The molecule has 0 spiro atoms. The third-order valence-electron chi connectivity index (χ3n) is 3.21.